The minimum absolute atomic E-state index is 0.00137. The monoisotopic (exact) mass is 355 g/mol. The van der Waals surface area contributed by atoms with Crippen molar-refractivity contribution in [3.63, 3.8) is 0 Å². The molecule has 0 aliphatic carbocycles. The van der Waals surface area contributed by atoms with Crippen LogP contribution in [-0.2, 0) is 0 Å². The second kappa shape index (κ2) is 6.46. The molecule has 0 bridgehead atoms. The Hall–Kier alpha value is -2.44. The Morgan fingerprint density at radius 1 is 1.28 bits per heavy atom. The molecule has 1 unspecified atom stereocenters. The molecule has 1 fully saturated rings. The molecule has 7 heteroatoms. The Kier molecular flexibility index (Phi) is 4.15. The van der Waals surface area contributed by atoms with E-state index in [0.717, 1.165) is 23.6 Å². The average Bonchev–Trinajstić information content (AvgIpc) is 3.01. The predicted octanol–water partition coefficient (Wildman–Crippen LogP) is 2.48. The minimum Gasteiger partial charge on any atom is -0.329 e. The van der Waals surface area contributed by atoms with Crippen molar-refractivity contribution in [2.24, 2.45) is 0 Å². The number of hydrogen-bond donors (Lipinski definition) is 1. The van der Waals surface area contributed by atoms with Crippen LogP contribution in [-0.4, -0.2) is 45.0 Å². The van der Waals surface area contributed by atoms with Gasteiger partial charge in [0.1, 0.15) is 5.82 Å². The highest BCUT2D eigenvalue weighted by atomic mass is 35.5. The highest BCUT2D eigenvalue weighted by Gasteiger charge is 2.29. The van der Waals surface area contributed by atoms with E-state index in [2.05, 4.69) is 15.5 Å². The molecule has 3 heterocycles. The molecule has 4 rings (SSSR count). The molecule has 0 spiro atoms. The number of piperazine rings is 1. The van der Waals surface area contributed by atoms with Gasteiger partial charge in [-0.3, -0.25) is 9.20 Å². The summed E-state index contributed by atoms with van der Waals surface area (Å²) in [6, 6.07) is 11.3. The van der Waals surface area contributed by atoms with Crippen molar-refractivity contribution in [3.8, 4) is 0 Å². The third kappa shape index (κ3) is 2.99. The maximum atomic E-state index is 13.2. The van der Waals surface area contributed by atoms with Crippen LogP contribution in [0.3, 0.4) is 0 Å². The Morgan fingerprint density at radius 2 is 2.16 bits per heavy atom. The molecule has 1 aliphatic heterocycles. The zero-order valence-electron chi connectivity index (χ0n) is 13.8. The molecule has 25 heavy (non-hydrogen) atoms. The summed E-state index contributed by atoms with van der Waals surface area (Å²) in [6.07, 6.45) is 1.81. The van der Waals surface area contributed by atoms with Crippen molar-refractivity contribution < 1.29 is 4.79 Å². The van der Waals surface area contributed by atoms with E-state index in [1.54, 1.807) is 0 Å². The van der Waals surface area contributed by atoms with Gasteiger partial charge >= 0.3 is 0 Å². The SMILES string of the molecule is Cc1nnc2ccc(C(=O)N3CCNCC3c3cccc(Cl)c3)cn12. The van der Waals surface area contributed by atoms with Gasteiger partial charge in [0.05, 0.1) is 11.6 Å². The van der Waals surface area contributed by atoms with Crippen LogP contribution in [0, 0.1) is 6.92 Å². The van der Waals surface area contributed by atoms with Gasteiger partial charge in [0.25, 0.3) is 5.91 Å². The largest absolute Gasteiger partial charge is 0.329 e. The van der Waals surface area contributed by atoms with Gasteiger partial charge in [-0.1, -0.05) is 23.7 Å². The number of benzene rings is 1. The number of amides is 1. The number of halogens is 1. The molecule has 1 aromatic carbocycles. The average molecular weight is 356 g/mol. The van der Waals surface area contributed by atoms with E-state index in [1.165, 1.54) is 0 Å². The van der Waals surface area contributed by atoms with Crippen LogP contribution in [0.25, 0.3) is 5.65 Å². The predicted molar refractivity (Wildman–Crippen MR) is 95.8 cm³/mol. The first-order valence-electron chi connectivity index (χ1n) is 8.22. The number of pyridine rings is 1. The van der Waals surface area contributed by atoms with E-state index in [4.69, 9.17) is 11.6 Å². The van der Waals surface area contributed by atoms with Crippen LogP contribution in [0.5, 0.6) is 0 Å². The summed E-state index contributed by atoms with van der Waals surface area (Å²) in [6.45, 7) is 4.00. The lowest BCUT2D eigenvalue weighted by Crippen LogP contribution is -2.48. The van der Waals surface area contributed by atoms with Crippen LogP contribution in [0.15, 0.2) is 42.6 Å². The first kappa shape index (κ1) is 16.1. The Bertz CT molecular complexity index is 938. The summed E-state index contributed by atoms with van der Waals surface area (Å²) >= 11 is 6.14. The van der Waals surface area contributed by atoms with E-state index in [9.17, 15) is 4.79 Å². The van der Waals surface area contributed by atoms with E-state index in [1.807, 2.05) is 58.8 Å². The van der Waals surface area contributed by atoms with Crippen molar-refractivity contribution in [1.82, 2.24) is 24.8 Å². The fourth-order valence-electron chi connectivity index (χ4n) is 3.26. The third-order valence-electron chi connectivity index (χ3n) is 4.56. The molecule has 1 amide bonds. The lowest BCUT2D eigenvalue weighted by molar-refractivity contribution is 0.0634. The fourth-order valence-corrected chi connectivity index (χ4v) is 3.46. The number of nitrogens with one attached hydrogen (secondary N) is 1. The van der Waals surface area contributed by atoms with E-state index < -0.39 is 0 Å². The normalized spacial score (nSPS) is 17.8. The summed E-state index contributed by atoms with van der Waals surface area (Å²) in [5, 5.41) is 12.2. The van der Waals surface area contributed by atoms with Gasteiger partial charge in [-0.25, -0.2) is 0 Å². The molecule has 128 valence electrons. The van der Waals surface area contributed by atoms with Crippen LogP contribution in [0.4, 0.5) is 0 Å². The molecule has 0 saturated carbocycles. The van der Waals surface area contributed by atoms with Gasteiger partial charge in [0, 0.05) is 30.9 Å². The quantitative estimate of drug-likeness (QED) is 0.767. The van der Waals surface area contributed by atoms with E-state index in [0.29, 0.717) is 23.7 Å². The second-order valence-corrected chi connectivity index (χ2v) is 6.60. The van der Waals surface area contributed by atoms with E-state index in [-0.39, 0.29) is 11.9 Å². The fraction of sp³-hybridized carbons (Fsp3) is 0.278. The molecular formula is C18H18ClN5O. The van der Waals surface area contributed by atoms with Crippen LogP contribution in [0.1, 0.15) is 27.8 Å². The van der Waals surface area contributed by atoms with Gasteiger partial charge < -0.3 is 10.2 Å². The van der Waals surface area contributed by atoms with Crippen molar-refractivity contribution >= 4 is 23.2 Å². The molecule has 1 N–H and O–H groups in total. The molecule has 1 saturated heterocycles. The van der Waals surface area contributed by atoms with Crippen molar-refractivity contribution in [2.45, 2.75) is 13.0 Å². The highest BCUT2D eigenvalue weighted by Crippen LogP contribution is 2.26. The third-order valence-corrected chi connectivity index (χ3v) is 4.79. The molecule has 1 aliphatic rings. The van der Waals surface area contributed by atoms with E-state index >= 15 is 0 Å². The first-order valence-corrected chi connectivity index (χ1v) is 8.60. The number of carbonyl (C=O) groups is 1. The highest BCUT2D eigenvalue weighted by molar-refractivity contribution is 6.30. The molecule has 6 nitrogen and oxygen atoms in total. The minimum atomic E-state index is -0.0438. The van der Waals surface area contributed by atoms with Crippen LogP contribution in [0.2, 0.25) is 5.02 Å². The second-order valence-electron chi connectivity index (χ2n) is 6.17. The van der Waals surface area contributed by atoms with Crippen LogP contribution >= 0.6 is 11.6 Å². The Morgan fingerprint density at radius 3 is 3.00 bits per heavy atom. The first-order chi connectivity index (χ1) is 12.1. The van der Waals surface area contributed by atoms with Crippen LogP contribution < -0.4 is 5.32 Å². The number of rotatable bonds is 2. The smallest absolute Gasteiger partial charge is 0.255 e. The standard InChI is InChI=1S/C18H18ClN5O/c1-12-21-22-17-6-5-14(11-24(12)17)18(25)23-8-7-20-10-16(23)13-3-2-4-15(19)9-13/h2-6,9,11,16,20H,7-8,10H2,1H3. The number of hydrogen-bond acceptors (Lipinski definition) is 4. The van der Waals surface area contributed by atoms with Gasteiger partial charge in [-0.05, 0) is 36.8 Å². The number of carbonyl (C=O) groups excluding carboxylic acids is 1. The summed E-state index contributed by atoms with van der Waals surface area (Å²) in [4.78, 5) is 15.1. The molecule has 2 aromatic heterocycles. The molecule has 1 atom stereocenters. The summed E-state index contributed by atoms with van der Waals surface area (Å²) in [5.74, 6) is 0.762. The molecule has 3 aromatic rings. The lowest BCUT2D eigenvalue weighted by Gasteiger charge is -2.36. The molecular weight excluding hydrogens is 338 g/mol. The summed E-state index contributed by atoms with van der Waals surface area (Å²) < 4.78 is 1.84. The van der Waals surface area contributed by atoms with Crippen molar-refractivity contribution in [1.29, 1.82) is 0 Å². The topological polar surface area (TPSA) is 62.5 Å². The van der Waals surface area contributed by atoms with Gasteiger partial charge in [0.15, 0.2) is 5.65 Å². The summed E-state index contributed by atoms with van der Waals surface area (Å²) in [7, 11) is 0. The van der Waals surface area contributed by atoms with Gasteiger partial charge in [0.2, 0.25) is 0 Å². The maximum absolute atomic E-state index is 13.2. The number of aromatic nitrogens is 3. The van der Waals surface area contributed by atoms with Gasteiger partial charge in [-0.15, -0.1) is 10.2 Å². The number of nitrogens with zero attached hydrogens (tertiary/aromatic N) is 4. The zero-order valence-corrected chi connectivity index (χ0v) is 14.6. The van der Waals surface area contributed by atoms with Crippen molar-refractivity contribution in [3.05, 3.63) is 64.6 Å². The Labute approximate surface area is 150 Å². The lowest BCUT2D eigenvalue weighted by atomic mass is 10.0. The number of aryl methyl sites for hydroxylation is 1. The Balaban J connectivity index is 1.69. The number of fused-ring (bicyclic) bond motifs is 1. The summed E-state index contributed by atoms with van der Waals surface area (Å²) in [5.41, 5.74) is 2.40. The zero-order chi connectivity index (χ0) is 17.4. The van der Waals surface area contributed by atoms with Gasteiger partial charge in [-0.2, -0.15) is 0 Å². The van der Waals surface area contributed by atoms with Crippen molar-refractivity contribution in [2.75, 3.05) is 19.6 Å². The maximum Gasteiger partial charge on any atom is 0.255 e. The molecule has 0 radical (unpaired) electrons.